The van der Waals surface area contributed by atoms with Crippen LogP contribution in [0, 0.1) is 5.92 Å². The summed E-state index contributed by atoms with van der Waals surface area (Å²) in [7, 11) is 6.06. The molecular weight excluding hydrogens is 392 g/mol. The van der Waals surface area contributed by atoms with E-state index in [-0.39, 0.29) is 0 Å². The van der Waals surface area contributed by atoms with E-state index in [9.17, 15) is 9.59 Å². The van der Waals surface area contributed by atoms with Gasteiger partial charge in [0.2, 0.25) is 0 Å². The molecule has 0 amide bonds. The van der Waals surface area contributed by atoms with Gasteiger partial charge in [0.25, 0.3) is 0 Å². The molecule has 0 unspecified atom stereocenters. The topological polar surface area (TPSA) is 89.5 Å². The summed E-state index contributed by atoms with van der Waals surface area (Å²) in [5.74, 6) is 0.523. The van der Waals surface area contributed by atoms with E-state index in [2.05, 4.69) is 0 Å². The summed E-state index contributed by atoms with van der Waals surface area (Å²) in [6, 6.07) is 5.22. The molecule has 0 N–H and O–H groups in total. The Kier molecular flexibility index (Phi) is 7.91. The Bertz CT molecular complexity index is 881. The third-order valence-electron chi connectivity index (χ3n) is 4.41. The van der Waals surface area contributed by atoms with Crippen LogP contribution in [-0.4, -0.2) is 40.4 Å². The van der Waals surface area contributed by atoms with E-state index < -0.39 is 24.0 Å². The number of hydrogen-bond donors (Lipinski definition) is 0. The molecule has 1 aromatic rings. The van der Waals surface area contributed by atoms with Crippen molar-refractivity contribution in [3.8, 4) is 11.5 Å². The molecule has 8 nitrogen and oxygen atoms in total. The molecule has 0 saturated heterocycles. The molecule has 2 rings (SSSR count). The molecule has 1 aliphatic rings. The van der Waals surface area contributed by atoms with Crippen molar-refractivity contribution in [3.05, 3.63) is 59.3 Å². The molecule has 0 radical (unpaired) electrons. The van der Waals surface area contributed by atoms with Crippen LogP contribution in [-0.2, 0) is 28.5 Å². The maximum atomic E-state index is 11.9. The lowest BCUT2D eigenvalue weighted by molar-refractivity contribution is -0.148. The zero-order valence-electron chi connectivity index (χ0n) is 17.9. The Labute approximate surface area is 175 Å². The van der Waals surface area contributed by atoms with Crippen molar-refractivity contribution in [3.63, 3.8) is 0 Å². The molecule has 0 fully saturated rings. The van der Waals surface area contributed by atoms with Crippen molar-refractivity contribution in [2.45, 2.75) is 20.0 Å². The molecule has 0 spiro atoms. The number of benzene rings is 1. The van der Waals surface area contributed by atoms with Crippen LogP contribution in [0.4, 0.5) is 0 Å². The largest absolute Gasteiger partial charge is 0.500 e. The average molecular weight is 418 g/mol. The van der Waals surface area contributed by atoms with Gasteiger partial charge in [0.1, 0.15) is 35.4 Å². The van der Waals surface area contributed by atoms with Crippen molar-refractivity contribution in [1.82, 2.24) is 0 Å². The van der Waals surface area contributed by atoms with Gasteiger partial charge in [-0.25, -0.2) is 0 Å². The fraction of sp³-hybridized carbons (Fsp3) is 0.364. The number of ether oxygens (including phenoxy) is 6. The van der Waals surface area contributed by atoms with E-state index in [0.717, 1.165) is 0 Å². The highest BCUT2D eigenvalue weighted by Crippen LogP contribution is 2.42. The van der Waals surface area contributed by atoms with Crippen molar-refractivity contribution in [1.29, 1.82) is 0 Å². The zero-order valence-corrected chi connectivity index (χ0v) is 17.9. The summed E-state index contributed by atoms with van der Waals surface area (Å²) in [6.07, 6.45) is 3.88. The first-order chi connectivity index (χ1) is 14.3. The maximum absolute atomic E-state index is 11.9. The SMILES string of the molecule is COC1=C[C@@H]([C@@H](OC(C)=O)c2cc(OC)ccc2OC)C(OC)=C/C1=C/OC(C)=O. The Hall–Kier alpha value is -3.42. The third kappa shape index (κ3) is 5.34. The Morgan fingerprint density at radius 1 is 0.967 bits per heavy atom. The lowest BCUT2D eigenvalue weighted by Crippen LogP contribution is -2.23. The minimum atomic E-state index is -0.792. The van der Waals surface area contributed by atoms with E-state index in [0.29, 0.717) is 34.2 Å². The summed E-state index contributed by atoms with van der Waals surface area (Å²) < 4.78 is 32.5. The Balaban J connectivity index is 2.60. The predicted molar refractivity (Wildman–Crippen MR) is 108 cm³/mol. The van der Waals surface area contributed by atoms with Crippen LogP contribution < -0.4 is 9.47 Å². The standard InChI is InChI=1S/C22H26O8/c1-13(23)29-12-15-9-21(28-6)18(11-20(15)27-5)22(30-14(2)24)17-10-16(25-3)7-8-19(17)26-4/h7-12,18,22H,1-6H3/b15-12-/t18-,22+/m1/s1. The quantitative estimate of drug-likeness (QED) is 0.469. The van der Waals surface area contributed by atoms with E-state index >= 15 is 0 Å². The molecule has 0 aliphatic heterocycles. The van der Waals surface area contributed by atoms with Crippen molar-refractivity contribution in [2.75, 3.05) is 28.4 Å². The molecule has 0 heterocycles. The molecule has 1 aromatic carbocycles. The molecule has 162 valence electrons. The van der Waals surface area contributed by atoms with Crippen LogP contribution in [0.15, 0.2) is 53.7 Å². The summed E-state index contributed by atoms with van der Waals surface area (Å²) >= 11 is 0. The van der Waals surface area contributed by atoms with Gasteiger partial charge in [-0.05, 0) is 30.4 Å². The number of hydrogen-bond acceptors (Lipinski definition) is 8. The van der Waals surface area contributed by atoms with Crippen molar-refractivity contribution in [2.24, 2.45) is 5.92 Å². The zero-order chi connectivity index (χ0) is 22.3. The Morgan fingerprint density at radius 2 is 1.70 bits per heavy atom. The molecule has 1 aliphatic carbocycles. The van der Waals surface area contributed by atoms with Gasteiger partial charge in [-0.3, -0.25) is 9.59 Å². The minimum Gasteiger partial charge on any atom is -0.500 e. The highest BCUT2D eigenvalue weighted by Gasteiger charge is 2.35. The van der Waals surface area contributed by atoms with E-state index in [4.69, 9.17) is 28.4 Å². The summed E-state index contributed by atoms with van der Waals surface area (Å²) in [5, 5.41) is 0. The van der Waals surface area contributed by atoms with Crippen LogP contribution >= 0.6 is 0 Å². The second-order valence-corrected chi connectivity index (χ2v) is 6.33. The summed E-state index contributed by atoms with van der Waals surface area (Å²) in [6.45, 7) is 2.62. The van der Waals surface area contributed by atoms with Gasteiger partial charge >= 0.3 is 11.9 Å². The summed E-state index contributed by atoms with van der Waals surface area (Å²) in [4.78, 5) is 23.1. The minimum absolute atomic E-state index is 0.432. The number of rotatable bonds is 8. The fourth-order valence-electron chi connectivity index (χ4n) is 3.09. The van der Waals surface area contributed by atoms with Crippen LogP contribution in [0.3, 0.4) is 0 Å². The van der Waals surface area contributed by atoms with Gasteiger partial charge < -0.3 is 28.4 Å². The van der Waals surface area contributed by atoms with Crippen molar-refractivity contribution >= 4 is 11.9 Å². The maximum Gasteiger partial charge on any atom is 0.307 e. The fourth-order valence-corrected chi connectivity index (χ4v) is 3.09. The first kappa shape index (κ1) is 22.9. The summed E-state index contributed by atoms with van der Waals surface area (Å²) in [5.41, 5.74) is 1.10. The number of esters is 2. The highest BCUT2D eigenvalue weighted by atomic mass is 16.5. The van der Waals surface area contributed by atoms with Crippen LogP contribution in [0.2, 0.25) is 0 Å². The number of methoxy groups -OCH3 is 4. The normalized spacial score (nSPS) is 17.9. The van der Waals surface area contributed by atoms with Gasteiger partial charge in [0.15, 0.2) is 0 Å². The van der Waals surface area contributed by atoms with Gasteiger partial charge in [-0.2, -0.15) is 0 Å². The second-order valence-electron chi connectivity index (χ2n) is 6.33. The first-order valence-electron chi connectivity index (χ1n) is 9.12. The Morgan fingerprint density at radius 3 is 2.23 bits per heavy atom. The molecule has 0 saturated carbocycles. The average Bonchev–Trinajstić information content (AvgIpc) is 2.74. The lowest BCUT2D eigenvalue weighted by Gasteiger charge is -2.30. The number of allylic oxidation sites excluding steroid dienone is 1. The molecule has 30 heavy (non-hydrogen) atoms. The number of carbonyl (C=O) groups is 2. The van der Waals surface area contributed by atoms with Crippen LogP contribution in [0.25, 0.3) is 0 Å². The molecule has 2 atom stereocenters. The second kappa shape index (κ2) is 10.4. The van der Waals surface area contributed by atoms with Crippen LogP contribution in [0.1, 0.15) is 25.5 Å². The van der Waals surface area contributed by atoms with E-state index in [1.54, 1.807) is 37.5 Å². The van der Waals surface area contributed by atoms with Crippen molar-refractivity contribution < 1.29 is 38.0 Å². The predicted octanol–water partition coefficient (Wildman–Crippen LogP) is 3.45. The van der Waals surface area contributed by atoms with Gasteiger partial charge in [0, 0.05) is 19.4 Å². The highest BCUT2D eigenvalue weighted by molar-refractivity contribution is 5.67. The van der Waals surface area contributed by atoms with E-state index in [1.807, 2.05) is 0 Å². The van der Waals surface area contributed by atoms with Gasteiger partial charge in [-0.1, -0.05) is 0 Å². The monoisotopic (exact) mass is 418 g/mol. The lowest BCUT2D eigenvalue weighted by atomic mass is 9.87. The van der Waals surface area contributed by atoms with Crippen LogP contribution in [0.5, 0.6) is 11.5 Å². The smallest absolute Gasteiger partial charge is 0.307 e. The number of carbonyl (C=O) groups excluding carboxylic acids is 2. The molecular formula is C22H26O8. The molecule has 8 heteroatoms. The van der Waals surface area contributed by atoms with E-state index in [1.165, 1.54) is 41.4 Å². The first-order valence-corrected chi connectivity index (χ1v) is 9.12. The molecule has 0 aromatic heterocycles. The third-order valence-corrected chi connectivity index (χ3v) is 4.41. The van der Waals surface area contributed by atoms with Gasteiger partial charge in [0.05, 0.1) is 39.9 Å². The van der Waals surface area contributed by atoms with Gasteiger partial charge in [-0.15, -0.1) is 0 Å². The molecule has 0 bridgehead atoms.